The van der Waals surface area contributed by atoms with Gasteiger partial charge in [-0.1, -0.05) is 112 Å². The number of methoxy groups -OCH3 is 1. The molecule has 3 aromatic carbocycles. The number of benzene rings is 3. The maximum absolute atomic E-state index is 14.3. The molecule has 274 valence electrons. The van der Waals surface area contributed by atoms with Crippen LogP contribution in [-0.2, 0) is 24.2 Å². The zero-order valence-corrected chi connectivity index (χ0v) is 30.2. The maximum atomic E-state index is 14.3. The maximum Gasteiger partial charge on any atom is 0.404 e. The van der Waals surface area contributed by atoms with E-state index < -0.39 is 35.7 Å². The van der Waals surface area contributed by atoms with E-state index in [-0.39, 0.29) is 18.4 Å². The number of nitrogens with zero attached hydrogens (tertiary/aromatic N) is 3. The van der Waals surface area contributed by atoms with Gasteiger partial charge in [0.15, 0.2) is 0 Å². The average Bonchev–Trinajstić information content (AvgIpc) is 3.46. The van der Waals surface area contributed by atoms with E-state index in [4.69, 9.17) is 4.74 Å². The SMILES string of the molecule is COc1cccc(-c2ccc(C[C@@H](C[C@H](O)[C@H](Cc3ccccc3)NC(=O)[C@@H](N3CCN(Cc4ccccc4)C3=O)C(C)(C)C)NC(=O)O)cc2)n1. The third-order valence-corrected chi connectivity index (χ3v) is 9.33. The summed E-state index contributed by atoms with van der Waals surface area (Å²) in [6, 6.07) is 30.0. The smallest absolute Gasteiger partial charge is 0.404 e. The number of aromatic nitrogens is 1. The normalized spacial score (nSPS) is 15.4. The molecule has 1 saturated heterocycles. The number of carboxylic acid groups (broad SMARTS) is 1. The van der Waals surface area contributed by atoms with E-state index in [1.54, 1.807) is 23.0 Å². The quantitative estimate of drug-likeness (QED) is 0.123. The minimum absolute atomic E-state index is 0.0386. The van der Waals surface area contributed by atoms with Gasteiger partial charge in [0.1, 0.15) is 6.04 Å². The van der Waals surface area contributed by atoms with Crippen molar-refractivity contribution in [2.75, 3.05) is 20.2 Å². The van der Waals surface area contributed by atoms with Crippen molar-refractivity contribution in [3.63, 3.8) is 0 Å². The topological polar surface area (TPSA) is 144 Å². The fourth-order valence-corrected chi connectivity index (χ4v) is 6.82. The zero-order chi connectivity index (χ0) is 37.3. The van der Waals surface area contributed by atoms with Crippen molar-refractivity contribution < 1.29 is 29.3 Å². The standard InChI is InChI=1S/C41H49N5O6/c1-41(2,3)37(46-23-22-45(40(46)51)27-30-14-9-6-10-15-30)38(48)44-34(25-28-12-7-5-8-13-28)35(47)26-32(42-39(49)50)24-29-18-20-31(21-19-29)33-16-11-17-36(43-33)52-4/h5-21,32,34-35,37,42,47H,22-27H2,1-4H3,(H,44,48)(H,49,50)/t32-,34-,35-,37+/m0/s1. The first-order valence-corrected chi connectivity index (χ1v) is 17.6. The molecular weight excluding hydrogens is 658 g/mol. The van der Waals surface area contributed by atoms with Crippen LogP contribution in [0, 0.1) is 5.41 Å². The summed E-state index contributed by atoms with van der Waals surface area (Å²) in [5, 5.41) is 27.2. The van der Waals surface area contributed by atoms with E-state index in [1.165, 1.54) is 0 Å². The number of amides is 4. The molecule has 11 nitrogen and oxygen atoms in total. The van der Waals surface area contributed by atoms with Crippen molar-refractivity contribution in [1.29, 1.82) is 0 Å². The highest BCUT2D eigenvalue weighted by Gasteiger charge is 2.44. The summed E-state index contributed by atoms with van der Waals surface area (Å²) in [5.41, 5.74) is 3.77. The molecule has 4 aromatic rings. The molecule has 1 aromatic heterocycles. The lowest BCUT2D eigenvalue weighted by atomic mass is 9.84. The van der Waals surface area contributed by atoms with E-state index in [2.05, 4.69) is 15.6 Å². The molecule has 0 bridgehead atoms. The molecule has 0 aliphatic carbocycles. The van der Waals surface area contributed by atoms with E-state index in [9.17, 15) is 24.6 Å². The van der Waals surface area contributed by atoms with Gasteiger partial charge in [-0.05, 0) is 47.4 Å². The summed E-state index contributed by atoms with van der Waals surface area (Å²) >= 11 is 0. The van der Waals surface area contributed by atoms with Crippen molar-refractivity contribution in [2.45, 2.75) is 70.8 Å². The van der Waals surface area contributed by atoms with Gasteiger partial charge in [-0.3, -0.25) is 4.79 Å². The Morgan fingerprint density at radius 3 is 2.08 bits per heavy atom. The number of aliphatic hydroxyl groups is 1. The summed E-state index contributed by atoms with van der Waals surface area (Å²) in [5.74, 6) is 0.135. The second-order valence-corrected chi connectivity index (χ2v) is 14.4. The lowest BCUT2D eigenvalue weighted by Gasteiger charge is -2.38. The van der Waals surface area contributed by atoms with Crippen LogP contribution in [0.15, 0.2) is 103 Å². The van der Waals surface area contributed by atoms with Crippen molar-refractivity contribution in [2.24, 2.45) is 5.41 Å². The Kier molecular flexibility index (Phi) is 12.5. The van der Waals surface area contributed by atoms with E-state index >= 15 is 0 Å². The molecule has 0 saturated carbocycles. The van der Waals surface area contributed by atoms with Gasteiger partial charge in [0.2, 0.25) is 11.8 Å². The number of hydrogen-bond acceptors (Lipinski definition) is 6. The van der Waals surface area contributed by atoms with Crippen LogP contribution in [0.4, 0.5) is 9.59 Å². The van der Waals surface area contributed by atoms with Gasteiger partial charge in [-0.2, -0.15) is 0 Å². The molecule has 0 unspecified atom stereocenters. The van der Waals surface area contributed by atoms with Gasteiger partial charge in [-0.15, -0.1) is 0 Å². The molecule has 2 heterocycles. The number of urea groups is 1. The summed E-state index contributed by atoms with van der Waals surface area (Å²) in [4.78, 5) is 47.8. The Morgan fingerprint density at radius 2 is 1.46 bits per heavy atom. The Balaban J connectivity index is 1.33. The van der Waals surface area contributed by atoms with Crippen LogP contribution >= 0.6 is 0 Å². The zero-order valence-electron chi connectivity index (χ0n) is 30.2. The molecule has 1 aliphatic heterocycles. The molecule has 4 amide bonds. The highest BCUT2D eigenvalue weighted by atomic mass is 16.5. The van der Waals surface area contributed by atoms with Crippen LogP contribution in [0.25, 0.3) is 11.3 Å². The first-order valence-electron chi connectivity index (χ1n) is 17.6. The van der Waals surface area contributed by atoms with Crippen molar-refractivity contribution in [3.8, 4) is 17.1 Å². The summed E-state index contributed by atoms with van der Waals surface area (Å²) in [7, 11) is 1.56. The van der Waals surface area contributed by atoms with E-state index in [0.29, 0.717) is 38.4 Å². The molecular formula is C41H49N5O6. The van der Waals surface area contributed by atoms with Crippen molar-refractivity contribution in [3.05, 3.63) is 120 Å². The number of carbonyl (C=O) groups excluding carboxylic acids is 2. The van der Waals surface area contributed by atoms with Crippen molar-refractivity contribution in [1.82, 2.24) is 25.4 Å². The van der Waals surface area contributed by atoms with Crippen LogP contribution in [0.3, 0.4) is 0 Å². The third-order valence-electron chi connectivity index (χ3n) is 9.33. The Hall–Kier alpha value is -5.42. The number of aliphatic hydroxyl groups excluding tert-OH is 1. The fourth-order valence-electron chi connectivity index (χ4n) is 6.82. The highest BCUT2D eigenvalue weighted by molar-refractivity contribution is 5.89. The molecule has 1 aliphatic rings. The highest BCUT2D eigenvalue weighted by Crippen LogP contribution is 2.29. The first kappa shape index (κ1) is 37.8. The first-order chi connectivity index (χ1) is 24.9. The van der Waals surface area contributed by atoms with Crippen molar-refractivity contribution >= 4 is 18.0 Å². The molecule has 52 heavy (non-hydrogen) atoms. The number of hydrogen-bond donors (Lipinski definition) is 4. The summed E-state index contributed by atoms with van der Waals surface area (Å²) < 4.78 is 5.25. The molecule has 4 N–H and O–H groups in total. The average molecular weight is 708 g/mol. The van der Waals surface area contributed by atoms with Crippen LogP contribution in [-0.4, -0.2) is 87.5 Å². The predicted molar refractivity (Wildman–Crippen MR) is 200 cm³/mol. The van der Waals surface area contributed by atoms with E-state index in [0.717, 1.165) is 27.9 Å². The monoisotopic (exact) mass is 707 g/mol. The van der Waals surface area contributed by atoms with Crippen LogP contribution < -0.4 is 15.4 Å². The molecule has 1 fully saturated rings. The molecule has 5 rings (SSSR count). The number of nitrogens with one attached hydrogen (secondary N) is 2. The van der Waals surface area contributed by atoms with Gasteiger partial charge in [-0.25, -0.2) is 14.6 Å². The Morgan fingerprint density at radius 1 is 0.827 bits per heavy atom. The largest absolute Gasteiger partial charge is 0.481 e. The summed E-state index contributed by atoms with van der Waals surface area (Å²) in [6.45, 7) is 7.11. The lowest BCUT2D eigenvalue weighted by Crippen LogP contribution is -2.58. The van der Waals surface area contributed by atoms with Crippen LogP contribution in [0.1, 0.15) is 43.9 Å². The third kappa shape index (κ3) is 10.1. The van der Waals surface area contributed by atoms with Gasteiger partial charge in [0, 0.05) is 37.3 Å². The molecule has 11 heteroatoms. The molecule has 0 spiro atoms. The lowest BCUT2D eigenvalue weighted by molar-refractivity contribution is -0.130. The number of ether oxygens (including phenoxy) is 1. The summed E-state index contributed by atoms with van der Waals surface area (Å²) in [6.07, 6.45) is -1.67. The fraction of sp³-hybridized carbons (Fsp3) is 0.366. The second kappa shape index (κ2) is 17.2. The van der Waals surface area contributed by atoms with Gasteiger partial charge in [0.25, 0.3) is 0 Å². The minimum Gasteiger partial charge on any atom is -0.481 e. The van der Waals surface area contributed by atoms with E-state index in [1.807, 2.05) is 118 Å². The predicted octanol–water partition coefficient (Wildman–Crippen LogP) is 5.77. The minimum atomic E-state index is -1.21. The van der Waals surface area contributed by atoms with Crippen LogP contribution in [0.5, 0.6) is 5.88 Å². The second-order valence-electron chi connectivity index (χ2n) is 14.4. The molecule has 4 atom stereocenters. The van der Waals surface area contributed by atoms with Gasteiger partial charge < -0.3 is 35.4 Å². The molecule has 0 radical (unpaired) electrons. The number of carbonyl (C=O) groups is 3. The number of pyridine rings is 1. The van der Waals surface area contributed by atoms with Gasteiger partial charge in [0.05, 0.1) is 24.9 Å². The number of rotatable bonds is 15. The van der Waals surface area contributed by atoms with Crippen LogP contribution in [0.2, 0.25) is 0 Å². The van der Waals surface area contributed by atoms with Gasteiger partial charge >= 0.3 is 12.1 Å². The Labute approximate surface area is 305 Å². The Bertz CT molecular complexity index is 1780.